The molecule has 0 rings (SSSR count). The third-order valence-corrected chi connectivity index (χ3v) is 1.31. The van der Waals surface area contributed by atoms with Gasteiger partial charge in [0.2, 0.25) is 0 Å². The van der Waals surface area contributed by atoms with E-state index in [1.165, 1.54) is 0 Å². The Kier molecular flexibility index (Phi) is 5.42. The Bertz CT molecular complexity index is 90.5. The largest absolute Gasteiger partial charge is 0.342 e. The summed E-state index contributed by atoms with van der Waals surface area (Å²) in [6, 6.07) is 1.95. The summed E-state index contributed by atoms with van der Waals surface area (Å²) in [4.78, 5) is 0. The van der Waals surface area contributed by atoms with E-state index in [0.717, 1.165) is 0 Å². The van der Waals surface area contributed by atoms with Crippen molar-refractivity contribution in [3.63, 3.8) is 0 Å². The second-order valence-electron chi connectivity index (χ2n) is 1.16. The Morgan fingerprint density at radius 1 is 1.88 bits per heavy atom. The number of hydrogen-bond donors (Lipinski definition) is 0. The molecule has 8 heavy (non-hydrogen) atoms. The van der Waals surface area contributed by atoms with Gasteiger partial charge in [0.25, 0.3) is 0 Å². The topological polar surface area (TPSA) is 33.0 Å². The molecule has 0 aliphatic carbocycles. The van der Waals surface area contributed by atoms with Crippen LogP contribution in [-0.4, -0.2) is 13.3 Å². The second-order valence-corrected chi connectivity index (χ2v) is 3.69. The van der Waals surface area contributed by atoms with Gasteiger partial charge in [0.1, 0.15) is 7.50 Å². The van der Waals surface area contributed by atoms with Gasteiger partial charge in [0.15, 0.2) is 0 Å². The molecule has 0 N–H and O–H groups in total. The van der Waals surface area contributed by atoms with Crippen molar-refractivity contribution in [1.82, 2.24) is 0 Å². The Morgan fingerprint density at radius 3 is 2.88 bits per heavy atom. The maximum Gasteiger partial charge on any atom is 0.121 e. The lowest BCUT2D eigenvalue weighted by molar-refractivity contribution is 0.372. The van der Waals surface area contributed by atoms with Crippen molar-refractivity contribution in [2.75, 3.05) is 13.3 Å². The highest BCUT2D eigenvalue weighted by molar-refractivity contribution is 7.79. The maximum absolute atomic E-state index is 8.01. The van der Waals surface area contributed by atoms with E-state index >= 15 is 0 Å². The molecular weight excluding hydrogens is 144 g/mol. The first-order valence-electron chi connectivity index (χ1n) is 2.16. The van der Waals surface area contributed by atoms with Gasteiger partial charge in [0, 0.05) is 0 Å². The average Bonchev–Trinajstić information content (AvgIpc) is 1.66. The Labute approximate surface area is 55.0 Å². The summed E-state index contributed by atoms with van der Waals surface area (Å²) in [5.74, 6) is 0. The molecule has 0 heterocycles. The van der Waals surface area contributed by atoms with Gasteiger partial charge >= 0.3 is 0 Å². The highest BCUT2D eigenvalue weighted by Gasteiger charge is 1.92. The molecule has 0 radical (unpaired) electrons. The van der Waals surface area contributed by atoms with E-state index in [-0.39, 0.29) is 0 Å². The molecule has 2 nitrogen and oxygen atoms in total. The molecular formula is C4H7ClNOP. The first-order chi connectivity index (χ1) is 3.77. The lowest BCUT2D eigenvalue weighted by Gasteiger charge is -1.99. The number of nitriles is 1. The van der Waals surface area contributed by atoms with Crippen molar-refractivity contribution in [1.29, 1.82) is 5.26 Å². The van der Waals surface area contributed by atoms with Crippen molar-refractivity contribution in [3.8, 4) is 6.07 Å². The quantitative estimate of drug-likeness (QED) is 0.457. The standard InChI is InChI=1S/C4H7ClNOP/c1-8(5)7-4-2-3-6/h2,4H2,1H3. The number of nitrogens with zero attached hydrogens (tertiary/aromatic N) is 1. The van der Waals surface area contributed by atoms with Crippen LogP contribution in [0.25, 0.3) is 0 Å². The van der Waals surface area contributed by atoms with E-state index in [0.29, 0.717) is 13.0 Å². The summed E-state index contributed by atoms with van der Waals surface area (Å²) in [5.41, 5.74) is 0. The predicted octanol–water partition coefficient (Wildman–Crippen LogP) is 2.10. The molecule has 1 atom stereocenters. The van der Waals surface area contributed by atoms with Crippen LogP contribution in [0.2, 0.25) is 0 Å². The Hall–Kier alpha value is 0.170. The van der Waals surface area contributed by atoms with E-state index in [1.54, 1.807) is 6.66 Å². The molecule has 0 bridgehead atoms. The van der Waals surface area contributed by atoms with E-state index in [4.69, 9.17) is 21.0 Å². The van der Waals surface area contributed by atoms with Gasteiger partial charge in [-0.05, 0) is 6.66 Å². The summed E-state index contributed by atoms with van der Waals surface area (Å²) < 4.78 is 4.89. The second kappa shape index (κ2) is 5.31. The van der Waals surface area contributed by atoms with E-state index in [2.05, 4.69) is 0 Å². The molecule has 4 heteroatoms. The van der Waals surface area contributed by atoms with E-state index in [9.17, 15) is 0 Å². The summed E-state index contributed by atoms with van der Waals surface area (Å²) >= 11 is 5.45. The fourth-order valence-corrected chi connectivity index (χ4v) is 0.767. The molecule has 0 aromatic carbocycles. The highest BCUT2D eigenvalue weighted by atomic mass is 35.7. The minimum Gasteiger partial charge on any atom is -0.342 e. The molecule has 0 saturated carbocycles. The van der Waals surface area contributed by atoms with Crippen LogP contribution in [0.15, 0.2) is 0 Å². The third-order valence-electron chi connectivity index (χ3n) is 0.483. The normalized spacial score (nSPS) is 12.6. The molecule has 46 valence electrons. The molecule has 0 aromatic rings. The lowest BCUT2D eigenvalue weighted by Crippen LogP contribution is -1.82. The van der Waals surface area contributed by atoms with Crippen LogP contribution >= 0.6 is 18.7 Å². The van der Waals surface area contributed by atoms with Gasteiger partial charge in [-0.3, -0.25) is 0 Å². The van der Waals surface area contributed by atoms with Gasteiger partial charge in [-0.25, -0.2) is 0 Å². The van der Waals surface area contributed by atoms with Crippen LogP contribution < -0.4 is 0 Å². The van der Waals surface area contributed by atoms with E-state index in [1.807, 2.05) is 6.07 Å². The van der Waals surface area contributed by atoms with Crippen molar-refractivity contribution >= 4 is 18.7 Å². The van der Waals surface area contributed by atoms with Crippen molar-refractivity contribution in [3.05, 3.63) is 0 Å². The van der Waals surface area contributed by atoms with Gasteiger partial charge in [0.05, 0.1) is 19.1 Å². The number of halogens is 1. The average molecular weight is 152 g/mol. The molecule has 0 aromatic heterocycles. The number of hydrogen-bond acceptors (Lipinski definition) is 2. The van der Waals surface area contributed by atoms with Crippen LogP contribution in [0.1, 0.15) is 6.42 Å². The first kappa shape index (κ1) is 8.17. The van der Waals surface area contributed by atoms with Crippen LogP contribution in [0, 0.1) is 11.3 Å². The lowest BCUT2D eigenvalue weighted by atomic mass is 10.5. The summed E-state index contributed by atoms with van der Waals surface area (Å²) in [5, 5.41) is 8.01. The number of rotatable bonds is 3. The molecule has 0 fully saturated rings. The predicted molar refractivity (Wildman–Crippen MR) is 34.9 cm³/mol. The zero-order valence-electron chi connectivity index (χ0n) is 4.59. The van der Waals surface area contributed by atoms with Crippen molar-refractivity contribution < 1.29 is 4.52 Å². The van der Waals surface area contributed by atoms with E-state index < -0.39 is 7.50 Å². The Morgan fingerprint density at radius 2 is 2.50 bits per heavy atom. The zero-order chi connectivity index (χ0) is 6.41. The summed E-state index contributed by atoms with van der Waals surface area (Å²) in [6.07, 6.45) is 0.430. The molecule has 1 unspecified atom stereocenters. The first-order valence-corrected chi connectivity index (χ1v) is 4.78. The van der Waals surface area contributed by atoms with Crippen LogP contribution in [0.3, 0.4) is 0 Å². The molecule has 0 aliphatic rings. The molecule has 0 spiro atoms. The monoisotopic (exact) mass is 151 g/mol. The molecule has 0 aliphatic heterocycles. The minimum atomic E-state index is -0.791. The van der Waals surface area contributed by atoms with Crippen molar-refractivity contribution in [2.45, 2.75) is 6.42 Å². The maximum atomic E-state index is 8.01. The third kappa shape index (κ3) is 6.17. The molecule has 0 saturated heterocycles. The minimum absolute atomic E-state index is 0.430. The van der Waals surface area contributed by atoms with Gasteiger partial charge in [-0.1, -0.05) is 11.2 Å². The highest BCUT2D eigenvalue weighted by Crippen LogP contribution is 2.37. The summed E-state index contributed by atoms with van der Waals surface area (Å²) in [7, 11) is -0.791. The smallest absolute Gasteiger partial charge is 0.121 e. The van der Waals surface area contributed by atoms with Crippen molar-refractivity contribution in [2.24, 2.45) is 0 Å². The van der Waals surface area contributed by atoms with Crippen LogP contribution in [-0.2, 0) is 4.52 Å². The molecule has 0 amide bonds. The summed E-state index contributed by atoms with van der Waals surface area (Å²) in [6.45, 7) is 2.25. The van der Waals surface area contributed by atoms with Gasteiger partial charge in [-0.2, -0.15) is 5.26 Å². The zero-order valence-corrected chi connectivity index (χ0v) is 6.25. The van der Waals surface area contributed by atoms with Gasteiger partial charge in [-0.15, -0.1) is 0 Å². The fourth-order valence-electron chi connectivity index (χ4n) is 0.217. The SMILES string of the molecule is CP(Cl)OCCC#N. The van der Waals surface area contributed by atoms with Gasteiger partial charge < -0.3 is 4.52 Å². The van der Waals surface area contributed by atoms with Crippen LogP contribution in [0.4, 0.5) is 0 Å². The van der Waals surface area contributed by atoms with Crippen LogP contribution in [0.5, 0.6) is 0 Å². The fraction of sp³-hybridized carbons (Fsp3) is 0.750. The Balaban J connectivity index is 2.85.